The molecular weight excluding hydrogens is 400 g/mol. The topological polar surface area (TPSA) is 62.7 Å². The van der Waals surface area contributed by atoms with Crippen LogP contribution in [0.3, 0.4) is 0 Å². The molecule has 2 heterocycles. The summed E-state index contributed by atoms with van der Waals surface area (Å²) in [4.78, 5) is 18.5. The molecule has 1 saturated carbocycles. The van der Waals surface area contributed by atoms with E-state index in [2.05, 4.69) is 62.9 Å². The number of pyridine rings is 1. The van der Waals surface area contributed by atoms with Gasteiger partial charge in [-0.1, -0.05) is 26.8 Å². The standard InChI is InChI=1S/C27H38N2O3/c1-18(29-15-13-19(14-16-29)26(30)31)24-11-5-20-17-23(10-12-25(20)28-24)32-22-8-6-21(7-9-22)27(2,3)4/h5,10-12,17-19,21-22H,6-9,13-16H2,1-4H3,(H,30,31). The smallest absolute Gasteiger partial charge is 0.306 e. The van der Waals surface area contributed by atoms with Crippen molar-refractivity contribution in [1.29, 1.82) is 0 Å². The largest absolute Gasteiger partial charge is 0.490 e. The highest BCUT2D eigenvalue weighted by Gasteiger charge is 2.31. The minimum Gasteiger partial charge on any atom is -0.490 e. The van der Waals surface area contributed by atoms with Crippen LogP contribution in [0.5, 0.6) is 5.75 Å². The Labute approximate surface area is 192 Å². The van der Waals surface area contributed by atoms with Gasteiger partial charge in [0.05, 0.1) is 23.2 Å². The first-order valence-corrected chi connectivity index (χ1v) is 12.2. The minimum absolute atomic E-state index is 0.183. The second-order valence-corrected chi connectivity index (χ2v) is 10.9. The fraction of sp³-hybridized carbons (Fsp3) is 0.630. The predicted molar refractivity (Wildman–Crippen MR) is 128 cm³/mol. The SMILES string of the molecule is CC(c1ccc2cc(OC3CCC(C(C)(C)C)CC3)ccc2n1)N1CCC(C(=O)O)CC1. The number of benzene rings is 1. The molecule has 1 aromatic carbocycles. The summed E-state index contributed by atoms with van der Waals surface area (Å²) < 4.78 is 6.34. The van der Waals surface area contributed by atoms with E-state index in [0.29, 0.717) is 24.4 Å². The zero-order valence-electron chi connectivity index (χ0n) is 20.0. The van der Waals surface area contributed by atoms with Gasteiger partial charge in [-0.05, 0) is 94.1 Å². The molecule has 2 aliphatic rings. The number of ether oxygens (including phenoxy) is 1. The molecule has 0 radical (unpaired) electrons. The Morgan fingerprint density at radius 3 is 2.38 bits per heavy atom. The maximum atomic E-state index is 11.2. The van der Waals surface area contributed by atoms with Crippen molar-refractivity contribution >= 4 is 16.9 Å². The van der Waals surface area contributed by atoms with E-state index in [9.17, 15) is 9.90 Å². The third-order valence-corrected chi connectivity index (χ3v) is 7.74. The number of aliphatic carboxylic acids is 1. The van der Waals surface area contributed by atoms with Crippen LogP contribution in [0.15, 0.2) is 30.3 Å². The Morgan fingerprint density at radius 2 is 1.75 bits per heavy atom. The van der Waals surface area contributed by atoms with E-state index in [-0.39, 0.29) is 12.0 Å². The molecule has 1 aromatic heterocycles. The van der Waals surface area contributed by atoms with Gasteiger partial charge in [0.2, 0.25) is 0 Å². The summed E-state index contributed by atoms with van der Waals surface area (Å²) in [5.74, 6) is 0.861. The maximum absolute atomic E-state index is 11.2. The Balaban J connectivity index is 1.38. The van der Waals surface area contributed by atoms with Gasteiger partial charge in [0, 0.05) is 11.4 Å². The van der Waals surface area contributed by atoms with Crippen LogP contribution in [0.2, 0.25) is 0 Å². The van der Waals surface area contributed by atoms with E-state index in [1.807, 2.05) is 0 Å². The normalized spacial score (nSPS) is 24.4. The number of piperidine rings is 1. The lowest BCUT2D eigenvalue weighted by Crippen LogP contribution is -2.38. The van der Waals surface area contributed by atoms with Gasteiger partial charge in [-0.15, -0.1) is 0 Å². The van der Waals surface area contributed by atoms with Crippen LogP contribution in [-0.2, 0) is 4.79 Å². The van der Waals surface area contributed by atoms with Gasteiger partial charge in [-0.25, -0.2) is 0 Å². The molecule has 1 atom stereocenters. The highest BCUT2D eigenvalue weighted by atomic mass is 16.5. The van der Waals surface area contributed by atoms with Crippen molar-refractivity contribution in [3.8, 4) is 5.75 Å². The summed E-state index contributed by atoms with van der Waals surface area (Å²) in [5.41, 5.74) is 2.42. The molecule has 1 unspecified atom stereocenters. The lowest BCUT2D eigenvalue weighted by molar-refractivity contribution is -0.143. The number of hydrogen-bond acceptors (Lipinski definition) is 4. The van der Waals surface area contributed by atoms with Crippen LogP contribution in [0.1, 0.15) is 78.0 Å². The number of hydrogen-bond donors (Lipinski definition) is 1. The van der Waals surface area contributed by atoms with Crippen LogP contribution in [-0.4, -0.2) is 40.2 Å². The van der Waals surface area contributed by atoms with Gasteiger partial charge >= 0.3 is 5.97 Å². The van der Waals surface area contributed by atoms with Crippen molar-refractivity contribution in [2.24, 2.45) is 17.3 Å². The zero-order chi connectivity index (χ0) is 22.9. The first-order valence-electron chi connectivity index (χ1n) is 12.2. The van der Waals surface area contributed by atoms with Gasteiger partial charge in [0.15, 0.2) is 0 Å². The monoisotopic (exact) mass is 438 g/mol. The molecule has 2 fully saturated rings. The average molecular weight is 439 g/mol. The van der Waals surface area contributed by atoms with Crippen molar-refractivity contribution in [3.63, 3.8) is 0 Å². The third-order valence-electron chi connectivity index (χ3n) is 7.74. The number of nitrogens with zero attached hydrogens (tertiary/aromatic N) is 2. The Kier molecular flexibility index (Phi) is 6.75. The van der Waals surface area contributed by atoms with Gasteiger partial charge in [0.1, 0.15) is 5.75 Å². The van der Waals surface area contributed by atoms with Crippen molar-refractivity contribution in [2.45, 2.75) is 78.4 Å². The second kappa shape index (κ2) is 9.38. The molecule has 4 rings (SSSR count). The molecule has 1 saturated heterocycles. The molecule has 0 amide bonds. The first-order chi connectivity index (χ1) is 15.2. The molecule has 1 aliphatic heterocycles. The summed E-state index contributed by atoms with van der Waals surface area (Å²) >= 11 is 0. The van der Waals surface area contributed by atoms with Gasteiger partial charge in [-0.3, -0.25) is 14.7 Å². The van der Waals surface area contributed by atoms with Crippen LogP contribution in [0.25, 0.3) is 10.9 Å². The lowest BCUT2D eigenvalue weighted by Gasteiger charge is -2.37. The second-order valence-electron chi connectivity index (χ2n) is 10.9. The molecule has 0 bridgehead atoms. The molecule has 0 spiro atoms. The fourth-order valence-corrected chi connectivity index (χ4v) is 5.39. The first kappa shape index (κ1) is 23.0. The highest BCUT2D eigenvalue weighted by molar-refractivity contribution is 5.80. The lowest BCUT2D eigenvalue weighted by atomic mass is 9.72. The predicted octanol–water partition coefficient (Wildman–Crippen LogP) is 6.08. The van der Waals surface area contributed by atoms with E-state index < -0.39 is 5.97 Å². The quantitative estimate of drug-likeness (QED) is 0.613. The summed E-state index contributed by atoms with van der Waals surface area (Å²) in [6.07, 6.45) is 6.49. The molecule has 5 nitrogen and oxygen atoms in total. The molecule has 174 valence electrons. The summed E-state index contributed by atoms with van der Waals surface area (Å²) in [7, 11) is 0. The van der Waals surface area contributed by atoms with Crippen molar-refractivity contribution in [3.05, 3.63) is 36.0 Å². The Bertz CT molecular complexity index is 936. The van der Waals surface area contributed by atoms with Crippen LogP contribution in [0.4, 0.5) is 0 Å². The van der Waals surface area contributed by atoms with Gasteiger partial charge < -0.3 is 9.84 Å². The Morgan fingerprint density at radius 1 is 1.06 bits per heavy atom. The maximum Gasteiger partial charge on any atom is 0.306 e. The zero-order valence-corrected chi connectivity index (χ0v) is 20.0. The molecule has 2 aromatic rings. The molecule has 32 heavy (non-hydrogen) atoms. The van der Waals surface area contributed by atoms with Crippen LogP contribution in [0, 0.1) is 17.3 Å². The number of aromatic nitrogens is 1. The summed E-state index contributed by atoms with van der Waals surface area (Å²) in [6, 6.07) is 10.7. The summed E-state index contributed by atoms with van der Waals surface area (Å²) in [6.45, 7) is 10.8. The van der Waals surface area contributed by atoms with E-state index in [1.165, 1.54) is 12.8 Å². The highest BCUT2D eigenvalue weighted by Crippen LogP contribution is 2.39. The number of rotatable bonds is 5. The van der Waals surface area contributed by atoms with E-state index >= 15 is 0 Å². The Hall–Kier alpha value is -2.14. The number of carbonyl (C=O) groups is 1. The number of carboxylic acid groups (broad SMARTS) is 1. The molecule has 5 heteroatoms. The van der Waals surface area contributed by atoms with Crippen molar-refractivity contribution in [1.82, 2.24) is 9.88 Å². The molecular formula is C27H38N2O3. The van der Waals surface area contributed by atoms with Crippen molar-refractivity contribution in [2.75, 3.05) is 13.1 Å². The average Bonchev–Trinajstić information content (AvgIpc) is 2.78. The van der Waals surface area contributed by atoms with Gasteiger partial charge in [-0.2, -0.15) is 0 Å². The van der Waals surface area contributed by atoms with E-state index in [0.717, 1.165) is 54.2 Å². The number of carboxylic acids is 1. The summed E-state index contributed by atoms with van der Waals surface area (Å²) in [5, 5.41) is 10.3. The van der Waals surface area contributed by atoms with Gasteiger partial charge in [0.25, 0.3) is 0 Å². The number of fused-ring (bicyclic) bond motifs is 1. The van der Waals surface area contributed by atoms with Crippen LogP contribution >= 0.6 is 0 Å². The molecule has 1 aliphatic carbocycles. The van der Waals surface area contributed by atoms with Crippen molar-refractivity contribution < 1.29 is 14.6 Å². The minimum atomic E-state index is -0.665. The number of likely N-dealkylation sites (tertiary alicyclic amines) is 1. The third kappa shape index (κ3) is 5.25. The van der Waals surface area contributed by atoms with E-state index in [1.54, 1.807) is 0 Å². The fourth-order valence-electron chi connectivity index (χ4n) is 5.39. The molecule has 1 N–H and O–H groups in total. The van der Waals surface area contributed by atoms with Crippen LogP contribution < -0.4 is 4.74 Å². The van der Waals surface area contributed by atoms with E-state index in [4.69, 9.17) is 9.72 Å².